The van der Waals surface area contributed by atoms with Crippen LogP contribution in [0.1, 0.15) is 25.1 Å². The second-order valence-corrected chi connectivity index (χ2v) is 8.09. The molecule has 0 unspecified atom stereocenters. The molecule has 2 amide bonds. The van der Waals surface area contributed by atoms with Crippen LogP contribution in [0.2, 0.25) is 0 Å². The van der Waals surface area contributed by atoms with Gasteiger partial charge < -0.3 is 19.6 Å². The van der Waals surface area contributed by atoms with Gasteiger partial charge in [0.05, 0.1) is 0 Å². The number of amides is 2. The predicted molar refractivity (Wildman–Crippen MR) is 120 cm³/mol. The molecule has 7 heteroatoms. The highest BCUT2D eigenvalue weighted by Gasteiger charge is 2.21. The van der Waals surface area contributed by atoms with E-state index in [4.69, 9.17) is 0 Å². The Labute approximate surface area is 174 Å². The van der Waals surface area contributed by atoms with Crippen LogP contribution in [-0.2, 0) is 0 Å². The molecule has 0 radical (unpaired) electrons. The lowest BCUT2D eigenvalue weighted by molar-refractivity contribution is 0.125. The molecule has 0 spiro atoms. The number of carbonyl (C=O) groups excluding carboxylic acids is 1. The van der Waals surface area contributed by atoms with Gasteiger partial charge in [0.1, 0.15) is 5.84 Å². The van der Waals surface area contributed by atoms with Gasteiger partial charge in [-0.05, 0) is 50.9 Å². The van der Waals surface area contributed by atoms with Gasteiger partial charge in [0.15, 0.2) is 0 Å². The van der Waals surface area contributed by atoms with Crippen molar-refractivity contribution in [2.24, 2.45) is 4.99 Å². The SMILES string of the molecule is CCN(CC)C(=O)N1CCN(C)CC1.CN1CCCN=C1/C=C/c1cccs1. The first-order valence-electron chi connectivity index (χ1n) is 10.2. The van der Waals surface area contributed by atoms with Crippen molar-refractivity contribution in [2.75, 3.05) is 66.5 Å². The van der Waals surface area contributed by atoms with Crippen molar-refractivity contribution >= 4 is 29.3 Å². The van der Waals surface area contributed by atoms with Gasteiger partial charge in [-0.1, -0.05) is 6.07 Å². The highest BCUT2D eigenvalue weighted by molar-refractivity contribution is 7.10. The van der Waals surface area contributed by atoms with Gasteiger partial charge in [-0.2, -0.15) is 0 Å². The van der Waals surface area contributed by atoms with E-state index in [1.165, 1.54) is 11.3 Å². The minimum Gasteiger partial charge on any atom is -0.360 e. The number of rotatable bonds is 4. The molecule has 3 heterocycles. The fraction of sp³-hybridized carbons (Fsp3) is 0.619. The van der Waals surface area contributed by atoms with E-state index in [2.05, 4.69) is 58.6 Å². The van der Waals surface area contributed by atoms with E-state index in [1.54, 1.807) is 11.3 Å². The van der Waals surface area contributed by atoms with Crippen LogP contribution in [0.4, 0.5) is 4.79 Å². The number of aliphatic imine (C=N–C) groups is 1. The molecule has 0 aliphatic carbocycles. The van der Waals surface area contributed by atoms with E-state index < -0.39 is 0 Å². The molecule has 2 aliphatic heterocycles. The van der Waals surface area contributed by atoms with E-state index in [-0.39, 0.29) is 6.03 Å². The summed E-state index contributed by atoms with van der Waals surface area (Å²) in [7, 11) is 4.19. The van der Waals surface area contributed by atoms with Gasteiger partial charge in [0, 0.05) is 64.3 Å². The quantitative estimate of drug-likeness (QED) is 0.773. The van der Waals surface area contributed by atoms with Crippen molar-refractivity contribution in [3.05, 3.63) is 28.5 Å². The van der Waals surface area contributed by atoms with Crippen molar-refractivity contribution in [2.45, 2.75) is 20.3 Å². The number of urea groups is 1. The van der Waals surface area contributed by atoms with Gasteiger partial charge in [-0.25, -0.2) is 4.79 Å². The van der Waals surface area contributed by atoms with Gasteiger partial charge in [0.2, 0.25) is 0 Å². The van der Waals surface area contributed by atoms with E-state index in [1.807, 2.05) is 23.6 Å². The Morgan fingerprint density at radius 1 is 1.14 bits per heavy atom. The highest BCUT2D eigenvalue weighted by Crippen LogP contribution is 2.11. The standard InChI is InChI=1S/C11H14N2S.C10H21N3O/c1-13-8-3-7-12-11(13)6-5-10-4-2-9-14-10;1-4-12(5-2)10(14)13-8-6-11(3)7-9-13/h2,4-6,9H,3,7-8H2,1H3;4-9H2,1-3H3/b6-5+;. The molecule has 1 aromatic rings. The molecule has 2 aliphatic rings. The number of nitrogens with zero attached hydrogens (tertiary/aromatic N) is 5. The van der Waals surface area contributed by atoms with Gasteiger partial charge in [-0.3, -0.25) is 4.99 Å². The molecule has 1 aromatic heterocycles. The third-order valence-corrected chi connectivity index (χ3v) is 5.90. The summed E-state index contributed by atoms with van der Waals surface area (Å²) in [6.45, 7) is 11.5. The number of piperazine rings is 1. The first kappa shape index (κ1) is 22.4. The first-order chi connectivity index (χ1) is 13.5. The molecule has 0 bridgehead atoms. The van der Waals surface area contributed by atoms with Crippen LogP contribution in [-0.4, -0.2) is 97.9 Å². The van der Waals surface area contributed by atoms with Gasteiger partial charge >= 0.3 is 6.03 Å². The first-order valence-corrected chi connectivity index (χ1v) is 11.1. The molecule has 0 aromatic carbocycles. The van der Waals surface area contributed by atoms with E-state index in [0.29, 0.717) is 0 Å². The minimum atomic E-state index is 0.197. The van der Waals surface area contributed by atoms with Crippen LogP contribution >= 0.6 is 11.3 Å². The van der Waals surface area contributed by atoms with Crippen LogP contribution < -0.4 is 0 Å². The Balaban J connectivity index is 0.000000200. The van der Waals surface area contributed by atoms with Crippen molar-refractivity contribution < 1.29 is 4.79 Å². The van der Waals surface area contributed by atoms with E-state index >= 15 is 0 Å². The lowest BCUT2D eigenvalue weighted by Crippen LogP contribution is -2.51. The fourth-order valence-corrected chi connectivity index (χ4v) is 3.77. The number of carbonyl (C=O) groups is 1. The molecule has 0 N–H and O–H groups in total. The summed E-state index contributed by atoms with van der Waals surface area (Å²) in [5.74, 6) is 1.10. The van der Waals surface area contributed by atoms with Crippen LogP contribution in [0.15, 0.2) is 28.6 Å². The number of hydrogen-bond acceptors (Lipinski definition) is 5. The Morgan fingerprint density at radius 3 is 2.43 bits per heavy atom. The second-order valence-electron chi connectivity index (χ2n) is 7.11. The number of likely N-dealkylation sites (N-methyl/N-ethyl adjacent to an activating group) is 2. The Hall–Kier alpha value is -1.86. The highest BCUT2D eigenvalue weighted by atomic mass is 32.1. The summed E-state index contributed by atoms with van der Waals surface area (Å²) in [6.07, 6.45) is 5.41. The van der Waals surface area contributed by atoms with Gasteiger partial charge in [-0.15, -0.1) is 11.3 Å². The zero-order chi connectivity index (χ0) is 20.4. The average molecular weight is 406 g/mol. The summed E-state index contributed by atoms with van der Waals surface area (Å²) >= 11 is 1.75. The number of amidine groups is 1. The monoisotopic (exact) mass is 405 g/mol. The lowest BCUT2D eigenvalue weighted by Gasteiger charge is -2.35. The molecule has 1 fully saturated rings. The largest absolute Gasteiger partial charge is 0.360 e. The van der Waals surface area contributed by atoms with Gasteiger partial charge in [0.25, 0.3) is 0 Å². The summed E-state index contributed by atoms with van der Waals surface area (Å²) in [6, 6.07) is 4.38. The second kappa shape index (κ2) is 11.9. The molecular formula is C21H35N5OS. The number of hydrogen-bond donors (Lipinski definition) is 0. The molecule has 1 saturated heterocycles. The van der Waals surface area contributed by atoms with Crippen molar-refractivity contribution in [3.63, 3.8) is 0 Å². The Bertz CT molecular complexity index is 631. The Morgan fingerprint density at radius 2 is 1.86 bits per heavy atom. The van der Waals surface area contributed by atoms with Crippen molar-refractivity contribution in [1.82, 2.24) is 19.6 Å². The average Bonchev–Trinajstić information content (AvgIpc) is 3.23. The lowest BCUT2D eigenvalue weighted by atomic mass is 10.3. The maximum atomic E-state index is 11.9. The molecule has 0 saturated carbocycles. The summed E-state index contributed by atoms with van der Waals surface area (Å²) in [4.78, 5) is 25.9. The van der Waals surface area contributed by atoms with Crippen molar-refractivity contribution in [3.8, 4) is 0 Å². The predicted octanol–water partition coefficient (Wildman–Crippen LogP) is 3.19. The maximum absolute atomic E-state index is 11.9. The molecule has 28 heavy (non-hydrogen) atoms. The molecule has 156 valence electrons. The van der Waals surface area contributed by atoms with E-state index in [0.717, 1.165) is 58.2 Å². The molecular weight excluding hydrogens is 370 g/mol. The van der Waals surface area contributed by atoms with Crippen LogP contribution in [0.3, 0.4) is 0 Å². The smallest absolute Gasteiger partial charge is 0.320 e. The molecule has 0 atom stereocenters. The molecule has 6 nitrogen and oxygen atoms in total. The topological polar surface area (TPSA) is 42.4 Å². The minimum absolute atomic E-state index is 0.197. The van der Waals surface area contributed by atoms with E-state index in [9.17, 15) is 4.79 Å². The Kier molecular flexibility index (Phi) is 9.50. The maximum Gasteiger partial charge on any atom is 0.320 e. The summed E-state index contributed by atoms with van der Waals surface area (Å²) in [5.41, 5.74) is 0. The fourth-order valence-electron chi connectivity index (χ4n) is 3.15. The zero-order valence-corrected chi connectivity index (χ0v) is 18.6. The summed E-state index contributed by atoms with van der Waals surface area (Å²) < 4.78 is 0. The zero-order valence-electron chi connectivity index (χ0n) is 17.8. The molecule has 3 rings (SSSR count). The van der Waals surface area contributed by atoms with Crippen LogP contribution in [0.5, 0.6) is 0 Å². The normalized spacial score (nSPS) is 17.9. The van der Waals surface area contributed by atoms with Crippen molar-refractivity contribution in [1.29, 1.82) is 0 Å². The third kappa shape index (κ3) is 6.95. The third-order valence-electron chi connectivity index (χ3n) is 5.06. The summed E-state index contributed by atoms with van der Waals surface area (Å²) in [5, 5.41) is 2.09. The van der Waals surface area contributed by atoms with Crippen LogP contribution in [0, 0.1) is 0 Å². The number of thiophene rings is 1. The van der Waals surface area contributed by atoms with Crippen LogP contribution in [0.25, 0.3) is 6.08 Å².